The van der Waals surface area contributed by atoms with Gasteiger partial charge in [0.05, 0.1) is 17.0 Å². The van der Waals surface area contributed by atoms with Crippen molar-refractivity contribution in [2.45, 2.75) is 82.7 Å². The molecule has 2 N–H and O–H groups in total. The molecule has 2 fully saturated rings. The van der Waals surface area contributed by atoms with E-state index in [9.17, 15) is 18.3 Å². The Labute approximate surface area is 260 Å². The molecule has 2 aliphatic carbocycles. The van der Waals surface area contributed by atoms with Crippen molar-refractivity contribution in [3.63, 3.8) is 0 Å². The monoisotopic (exact) mass is 626 g/mol. The van der Waals surface area contributed by atoms with Gasteiger partial charge >= 0.3 is 0 Å². The first-order chi connectivity index (χ1) is 20.7. The molecule has 7 nitrogen and oxygen atoms in total. The highest BCUT2D eigenvalue weighted by Gasteiger charge is 2.39. The van der Waals surface area contributed by atoms with Gasteiger partial charge in [0, 0.05) is 23.7 Å². The number of aliphatic hydroxyl groups excluding tert-OH is 1. The zero-order valence-electron chi connectivity index (χ0n) is 24.9. The molecule has 0 aromatic heterocycles. The number of carbonyl (C=O) groups is 1. The van der Waals surface area contributed by atoms with Crippen molar-refractivity contribution in [3.8, 4) is 5.75 Å². The summed E-state index contributed by atoms with van der Waals surface area (Å²) in [5.74, 6) is 0.639. The third kappa shape index (κ3) is 7.07. The van der Waals surface area contributed by atoms with E-state index in [0.717, 1.165) is 69.3 Å². The summed E-state index contributed by atoms with van der Waals surface area (Å²) >= 11 is 6.32. The second-order valence-electron chi connectivity index (χ2n) is 13.1. The number of nitrogens with zero attached hydrogens (tertiary/aromatic N) is 1. The van der Waals surface area contributed by atoms with E-state index in [1.807, 2.05) is 37.3 Å². The summed E-state index contributed by atoms with van der Waals surface area (Å²) in [5.41, 5.74) is 3.35. The maximum absolute atomic E-state index is 13.6. The number of carbonyl (C=O) groups excluding carboxylic acids is 1. The second kappa shape index (κ2) is 12.8. The van der Waals surface area contributed by atoms with Crippen LogP contribution in [-0.4, -0.2) is 43.9 Å². The Balaban J connectivity index is 1.37. The normalized spacial score (nSPS) is 30.3. The fraction of sp³-hybridized carbons (Fsp3) is 0.559. The molecule has 232 valence electrons. The highest BCUT2D eigenvalue weighted by molar-refractivity contribution is 7.90. The van der Waals surface area contributed by atoms with Crippen molar-refractivity contribution in [3.05, 3.63) is 70.3 Å². The van der Waals surface area contributed by atoms with Crippen LogP contribution in [-0.2, 0) is 23.1 Å². The molecule has 2 aromatic carbocycles. The zero-order valence-corrected chi connectivity index (χ0v) is 26.5. The molecule has 43 heavy (non-hydrogen) atoms. The van der Waals surface area contributed by atoms with Crippen LogP contribution in [0.5, 0.6) is 5.75 Å². The number of aryl methyl sites for hydroxylation is 1. The molecule has 6 rings (SSSR count). The van der Waals surface area contributed by atoms with Crippen LogP contribution >= 0.6 is 11.6 Å². The Bertz CT molecular complexity index is 1470. The van der Waals surface area contributed by atoms with Crippen molar-refractivity contribution in [2.24, 2.45) is 23.7 Å². The number of allylic oxidation sites excluding steroid dienone is 1. The van der Waals surface area contributed by atoms with E-state index in [1.165, 1.54) is 5.56 Å². The lowest BCUT2D eigenvalue weighted by molar-refractivity contribution is 0.0180. The maximum atomic E-state index is 13.6. The Morgan fingerprint density at radius 2 is 1.91 bits per heavy atom. The van der Waals surface area contributed by atoms with E-state index < -0.39 is 27.3 Å². The first-order valence-electron chi connectivity index (χ1n) is 15.9. The summed E-state index contributed by atoms with van der Waals surface area (Å²) < 4.78 is 36.1. The quantitative estimate of drug-likeness (QED) is 0.381. The summed E-state index contributed by atoms with van der Waals surface area (Å²) in [5, 5.41) is 11.2. The van der Waals surface area contributed by atoms with Crippen molar-refractivity contribution in [1.29, 1.82) is 0 Å². The number of sulfonamides is 1. The van der Waals surface area contributed by atoms with Gasteiger partial charge in [-0.3, -0.25) is 4.79 Å². The van der Waals surface area contributed by atoms with E-state index in [2.05, 4.69) is 9.62 Å². The standard InChI is InChI=1S/C34H43ClN2O5S/c1-22-5-4-7-31(38)29-14-11-26(29)20-37-16-3-2-6-24-18-28(35)13-10-27(24)21-42-32-15-12-25(19-30(32)37)34(39)36-43(40,41)33(22)17-23-8-9-23/h4-5,10,12-13,15,18-19,22-23,26,29,31,33,38H,2-3,6-9,11,14,16-17,20-21H2,1H3,(H,36,39)/b5-4-/t22-,26?,29?,31+,33?/m1/s1. The molecule has 3 unspecified atom stereocenters. The molecule has 4 aliphatic rings. The lowest BCUT2D eigenvalue weighted by Gasteiger charge is -2.43. The van der Waals surface area contributed by atoms with Gasteiger partial charge in [-0.05, 0) is 110 Å². The lowest BCUT2D eigenvalue weighted by atomic mass is 9.69. The van der Waals surface area contributed by atoms with Crippen LogP contribution in [0.2, 0.25) is 5.02 Å². The summed E-state index contributed by atoms with van der Waals surface area (Å²) in [6.07, 6.45) is 11.3. The second-order valence-corrected chi connectivity index (χ2v) is 15.4. The average Bonchev–Trinajstić information content (AvgIpc) is 3.78. The molecule has 2 heterocycles. The summed E-state index contributed by atoms with van der Waals surface area (Å²) in [6.45, 7) is 3.76. The van der Waals surface area contributed by atoms with Crippen molar-refractivity contribution >= 4 is 33.2 Å². The van der Waals surface area contributed by atoms with Gasteiger partial charge in [-0.25, -0.2) is 13.1 Å². The molecule has 2 saturated carbocycles. The van der Waals surface area contributed by atoms with Gasteiger partial charge in [0.25, 0.3) is 5.91 Å². The number of anilines is 1. The van der Waals surface area contributed by atoms with Crippen LogP contribution in [0.1, 0.15) is 79.8 Å². The minimum Gasteiger partial charge on any atom is -0.487 e. The third-order valence-electron chi connectivity index (χ3n) is 9.96. The van der Waals surface area contributed by atoms with Crippen molar-refractivity contribution < 1.29 is 23.1 Å². The van der Waals surface area contributed by atoms with Gasteiger partial charge < -0.3 is 14.7 Å². The van der Waals surface area contributed by atoms with Crippen molar-refractivity contribution in [1.82, 2.24) is 4.72 Å². The fourth-order valence-corrected chi connectivity index (χ4v) is 8.90. The van der Waals surface area contributed by atoms with E-state index in [1.54, 1.807) is 18.2 Å². The number of benzene rings is 2. The van der Waals surface area contributed by atoms with Crippen molar-refractivity contribution in [2.75, 3.05) is 18.0 Å². The molecule has 2 aliphatic heterocycles. The number of ether oxygens (including phenoxy) is 1. The molecule has 2 aromatic rings. The fourth-order valence-electron chi connectivity index (χ4n) is 6.99. The number of fused-ring (bicyclic) bond motifs is 3. The van der Waals surface area contributed by atoms with Crippen LogP contribution in [0, 0.1) is 23.7 Å². The van der Waals surface area contributed by atoms with Crippen LogP contribution in [0.25, 0.3) is 0 Å². The van der Waals surface area contributed by atoms with Crippen LogP contribution < -0.4 is 14.4 Å². The van der Waals surface area contributed by atoms with Crippen LogP contribution in [0.15, 0.2) is 48.6 Å². The van der Waals surface area contributed by atoms with Gasteiger partial charge in [0.2, 0.25) is 10.0 Å². The maximum Gasteiger partial charge on any atom is 0.264 e. The number of nitrogens with one attached hydrogen (secondary N) is 1. The van der Waals surface area contributed by atoms with E-state index in [-0.39, 0.29) is 11.8 Å². The average molecular weight is 627 g/mol. The number of halogens is 1. The lowest BCUT2D eigenvalue weighted by Crippen LogP contribution is -2.44. The number of aliphatic hydroxyl groups is 1. The first kappa shape index (κ1) is 30.5. The minimum absolute atomic E-state index is 0.180. The molecule has 2 bridgehead atoms. The van der Waals surface area contributed by atoms with E-state index in [4.69, 9.17) is 16.3 Å². The molecule has 0 radical (unpaired) electrons. The van der Waals surface area contributed by atoms with Gasteiger partial charge in [0.1, 0.15) is 12.4 Å². The van der Waals surface area contributed by atoms with E-state index >= 15 is 0 Å². The summed E-state index contributed by atoms with van der Waals surface area (Å²) in [4.78, 5) is 15.8. The predicted molar refractivity (Wildman–Crippen MR) is 170 cm³/mol. The smallest absolute Gasteiger partial charge is 0.264 e. The highest BCUT2D eigenvalue weighted by Crippen LogP contribution is 2.42. The number of hydrogen-bond donors (Lipinski definition) is 2. The summed E-state index contributed by atoms with van der Waals surface area (Å²) in [7, 11) is -3.94. The molecular formula is C34H43ClN2O5S. The number of rotatable bonds is 2. The van der Waals surface area contributed by atoms with Crippen LogP contribution in [0.4, 0.5) is 5.69 Å². The molecule has 9 heteroatoms. The molecule has 1 amide bonds. The summed E-state index contributed by atoms with van der Waals surface area (Å²) in [6, 6.07) is 11.1. The highest BCUT2D eigenvalue weighted by atomic mass is 35.5. The largest absolute Gasteiger partial charge is 0.487 e. The Morgan fingerprint density at radius 3 is 2.67 bits per heavy atom. The first-order valence-corrected chi connectivity index (χ1v) is 17.8. The Morgan fingerprint density at radius 1 is 1.07 bits per heavy atom. The molecular weight excluding hydrogens is 584 g/mol. The van der Waals surface area contributed by atoms with Gasteiger partial charge in [-0.1, -0.05) is 49.6 Å². The Hall–Kier alpha value is -2.55. The minimum atomic E-state index is -3.94. The Kier molecular flexibility index (Phi) is 9.09. The SMILES string of the molecule is C[C@@H]1/C=C\C[C@H](O)C2CCC2CN2CCCCc3cc(Cl)ccc3COc3ccc(cc32)C(=O)NS(=O)(=O)C1CC1CC1. The molecule has 5 atom stereocenters. The topological polar surface area (TPSA) is 95.9 Å². The number of hydrogen-bond acceptors (Lipinski definition) is 6. The predicted octanol–water partition coefficient (Wildman–Crippen LogP) is 6.27. The van der Waals surface area contributed by atoms with Gasteiger partial charge in [0.15, 0.2) is 0 Å². The molecule has 0 spiro atoms. The van der Waals surface area contributed by atoms with Gasteiger partial charge in [-0.2, -0.15) is 0 Å². The van der Waals surface area contributed by atoms with E-state index in [0.29, 0.717) is 47.6 Å². The third-order valence-corrected chi connectivity index (χ3v) is 12.1. The number of amides is 1. The van der Waals surface area contributed by atoms with Gasteiger partial charge in [-0.15, -0.1) is 0 Å². The molecule has 0 saturated heterocycles. The zero-order chi connectivity index (χ0) is 30.1. The van der Waals surface area contributed by atoms with Crippen LogP contribution in [0.3, 0.4) is 0 Å².